The van der Waals surface area contributed by atoms with E-state index < -0.39 is 11.8 Å². The van der Waals surface area contributed by atoms with Gasteiger partial charge in [-0.05, 0) is 68.5 Å². The highest BCUT2D eigenvalue weighted by atomic mass is 79.9. The third-order valence-corrected chi connectivity index (χ3v) is 4.12. The minimum absolute atomic E-state index is 0.0534. The summed E-state index contributed by atoms with van der Waals surface area (Å²) in [6.45, 7) is 3.73. The molecule has 2 amide bonds. The second kappa shape index (κ2) is 10.0. The van der Waals surface area contributed by atoms with E-state index in [0.717, 1.165) is 4.47 Å². The second-order valence-electron chi connectivity index (χ2n) is 5.90. The van der Waals surface area contributed by atoms with Gasteiger partial charge < -0.3 is 9.47 Å². The number of halogens is 1. The maximum atomic E-state index is 12.5. The molecule has 0 unspecified atom stereocenters. The molecule has 0 saturated carbocycles. The fourth-order valence-corrected chi connectivity index (χ4v) is 2.67. The molecule has 3 N–H and O–H groups in total. The first-order valence-corrected chi connectivity index (χ1v) is 9.52. The van der Waals surface area contributed by atoms with Gasteiger partial charge in [-0.25, -0.2) is 0 Å². The van der Waals surface area contributed by atoms with Gasteiger partial charge in [0.2, 0.25) is 0 Å². The molecule has 2 rings (SSSR count). The van der Waals surface area contributed by atoms with E-state index >= 15 is 0 Å². The zero-order valence-electron chi connectivity index (χ0n) is 15.5. The predicted octanol–water partition coefficient (Wildman–Crippen LogP) is 3.19. The van der Waals surface area contributed by atoms with Crippen LogP contribution in [0.3, 0.4) is 0 Å². The van der Waals surface area contributed by atoms with Gasteiger partial charge in [-0.1, -0.05) is 15.9 Å². The third kappa shape index (κ3) is 6.21. The Hall–Kier alpha value is -2.65. The molecule has 0 saturated heterocycles. The van der Waals surface area contributed by atoms with Crippen molar-refractivity contribution in [2.24, 2.45) is 0 Å². The van der Waals surface area contributed by atoms with Crippen molar-refractivity contribution in [3.8, 4) is 11.5 Å². The molecule has 0 atom stereocenters. The van der Waals surface area contributed by atoms with Crippen LogP contribution in [0, 0.1) is 0 Å². The number of hydrogen-bond donors (Lipinski definition) is 3. The van der Waals surface area contributed by atoms with Crippen LogP contribution in [-0.2, 0) is 0 Å². The van der Waals surface area contributed by atoms with Crippen LogP contribution in [0.25, 0.3) is 0 Å². The molecule has 28 heavy (non-hydrogen) atoms. The first-order valence-electron chi connectivity index (χ1n) is 8.32. The van der Waals surface area contributed by atoms with Crippen LogP contribution in [0.5, 0.6) is 11.5 Å². The minimum Gasteiger partial charge on any atom is -0.497 e. The highest BCUT2D eigenvalue weighted by Crippen LogP contribution is 2.24. The lowest BCUT2D eigenvalue weighted by molar-refractivity contribution is 0.0933. The molecule has 148 valence electrons. The molecule has 0 spiro atoms. The van der Waals surface area contributed by atoms with Crippen LogP contribution in [0.2, 0.25) is 0 Å². The molecular formula is C19H20BrN3O4S. The quantitative estimate of drug-likeness (QED) is 0.464. The molecule has 0 aliphatic rings. The number of thiocarbonyl (C=S) groups is 1. The highest BCUT2D eigenvalue weighted by molar-refractivity contribution is 9.10. The average molecular weight is 466 g/mol. The van der Waals surface area contributed by atoms with E-state index in [1.165, 1.54) is 0 Å². The summed E-state index contributed by atoms with van der Waals surface area (Å²) in [5, 5.41) is 2.45. The zero-order chi connectivity index (χ0) is 20.7. The molecule has 0 bridgehead atoms. The number of amides is 2. The van der Waals surface area contributed by atoms with Gasteiger partial charge in [-0.15, -0.1) is 0 Å². The van der Waals surface area contributed by atoms with Crippen molar-refractivity contribution in [2.75, 3.05) is 7.11 Å². The summed E-state index contributed by atoms with van der Waals surface area (Å²) in [6, 6.07) is 11.6. The van der Waals surface area contributed by atoms with Gasteiger partial charge in [0, 0.05) is 10.0 Å². The Labute approximate surface area is 176 Å². The summed E-state index contributed by atoms with van der Waals surface area (Å²) in [5.41, 5.74) is 5.64. The van der Waals surface area contributed by atoms with Crippen LogP contribution in [-0.4, -0.2) is 30.1 Å². The van der Waals surface area contributed by atoms with Gasteiger partial charge in [0.25, 0.3) is 11.8 Å². The van der Waals surface area contributed by atoms with Crippen molar-refractivity contribution in [1.29, 1.82) is 0 Å². The number of carbonyl (C=O) groups excluding carboxylic acids is 2. The van der Waals surface area contributed by atoms with Crippen molar-refractivity contribution >= 4 is 45.1 Å². The zero-order valence-corrected chi connectivity index (χ0v) is 17.9. The Kier molecular flexibility index (Phi) is 7.77. The van der Waals surface area contributed by atoms with Gasteiger partial charge in [0.1, 0.15) is 11.5 Å². The number of methoxy groups -OCH3 is 1. The Morgan fingerprint density at radius 1 is 1.04 bits per heavy atom. The minimum atomic E-state index is -0.465. The van der Waals surface area contributed by atoms with Crippen LogP contribution in [0.1, 0.15) is 34.6 Å². The number of nitrogens with one attached hydrogen (secondary N) is 3. The molecule has 0 aliphatic carbocycles. The number of rotatable bonds is 5. The van der Waals surface area contributed by atoms with Gasteiger partial charge in [-0.2, -0.15) is 0 Å². The lowest BCUT2D eigenvalue weighted by Crippen LogP contribution is -2.48. The Balaban J connectivity index is 1.96. The van der Waals surface area contributed by atoms with E-state index in [-0.39, 0.29) is 11.2 Å². The van der Waals surface area contributed by atoms with Crippen LogP contribution >= 0.6 is 28.1 Å². The van der Waals surface area contributed by atoms with E-state index in [0.29, 0.717) is 22.6 Å². The normalized spacial score (nSPS) is 10.2. The van der Waals surface area contributed by atoms with E-state index in [2.05, 4.69) is 32.1 Å². The number of ether oxygens (including phenoxy) is 2. The second-order valence-corrected chi connectivity index (χ2v) is 7.22. The third-order valence-electron chi connectivity index (χ3n) is 3.42. The fourth-order valence-electron chi connectivity index (χ4n) is 2.17. The topological polar surface area (TPSA) is 88.7 Å². The number of benzene rings is 2. The van der Waals surface area contributed by atoms with Gasteiger partial charge in [0.15, 0.2) is 5.11 Å². The van der Waals surface area contributed by atoms with E-state index in [1.807, 2.05) is 13.8 Å². The molecule has 0 aromatic heterocycles. The molecule has 0 radical (unpaired) electrons. The molecule has 9 heteroatoms. The lowest BCUT2D eigenvalue weighted by Gasteiger charge is -2.15. The van der Waals surface area contributed by atoms with E-state index in [1.54, 1.807) is 49.6 Å². The van der Waals surface area contributed by atoms with E-state index in [4.69, 9.17) is 21.7 Å². The molecular weight excluding hydrogens is 446 g/mol. The summed E-state index contributed by atoms with van der Waals surface area (Å²) >= 11 is 8.40. The van der Waals surface area contributed by atoms with Crippen molar-refractivity contribution in [3.63, 3.8) is 0 Å². The number of hydrazine groups is 1. The molecule has 7 nitrogen and oxygen atoms in total. The average Bonchev–Trinajstić information content (AvgIpc) is 2.67. The monoisotopic (exact) mass is 465 g/mol. The Bertz CT molecular complexity index is 872. The standard InChI is InChI=1S/C19H20BrN3O4S/c1-11(2)27-16-9-6-13(20)10-15(16)18(25)21-19(28)23-22-17(24)12-4-7-14(26-3)8-5-12/h4-11H,1-3H3,(H,22,24)(H2,21,23,25,28). The summed E-state index contributed by atoms with van der Waals surface area (Å²) in [6.07, 6.45) is -0.0958. The summed E-state index contributed by atoms with van der Waals surface area (Å²) < 4.78 is 11.4. The van der Waals surface area contributed by atoms with Gasteiger partial charge >= 0.3 is 0 Å². The molecule has 2 aromatic rings. The molecule has 0 fully saturated rings. The Morgan fingerprint density at radius 3 is 2.32 bits per heavy atom. The first kappa shape index (κ1) is 21.6. The fraction of sp³-hybridized carbons (Fsp3) is 0.211. The smallest absolute Gasteiger partial charge is 0.269 e. The van der Waals surface area contributed by atoms with Gasteiger partial charge in [0.05, 0.1) is 18.8 Å². The summed E-state index contributed by atoms with van der Waals surface area (Å²) in [5.74, 6) is 0.195. The largest absolute Gasteiger partial charge is 0.497 e. The van der Waals surface area contributed by atoms with Crippen molar-refractivity contribution in [3.05, 3.63) is 58.1 Å². The maximum Gasteiger partial charge on any atom is 0.269 e. The van der Waals surface area contributed by atoms with Crippen LogP contribution in [0.15, 0.2) is 46.9 Å². The first-order chi connectivity index (χ1) is 13.3. The molecule has 2 aromatic carbocycles. The summed E-state index contributed by atoms with van der Waals surface area (Å²) in [4.78, 5) is 24.6. The lowest BCUT2D eigenvalue weighted by atomic mass is 10.2. The maximum absolute atomic E-state index is 12.5. The van der Waals surface area contributed by atoms with Crippen molar-refractivity contribution in [2.45, 2.75) is 20.0 Å². The summed E-state index contributed by atoms with van der Waals surface area (Å²) in [7, 11) is 1.54. The SMILES string of the molecule is COc1ccc(C(=O)NNC(=S)NC(=O)c2cc(Br)ccc2OC(C)C)cc1. The van der Waals surface area contributed by atoms with Gasteiger partial charge in [-0.3, -0.25) is 25.8 Å². The number of carbonyl (C=O) groups is 2. The van der Waals surface area contributed by atoms with E-state index in [9.17, 15) is 9.59 Å². The number of hydrogen-bond acceptors (Lipinski definition) is 5. The van der Waals surface area contributed by atoms with Crippen LogP contribution < -0.4 is 25.6 Å². The Morgan fingerprint density at radius 2 is 1.71 bits per heavy atom. The highest BCUT2D eigenvalue weighted by Gasteiger charge is 2.16. The molecule has 0 aliphatic heterocycles. The van der Waals surface area contributed by atoms with Crippen molar-refractivity contribution < 1.29 is 19.1 Å². The molecule has 0 heterocycles. The van der Waals surface area contributed by atoms with Crippen molar-refractivity contribution in [1.82, 2.24) is 16.2 Å². The van der Waals surface area contributed by atoms with Crippen LogP contribution in [0.4, 0.5) is 0 Å². The predicted molar refractivity (Wildman–Crippen MR) is 114 cm³/mol.